The molecule has 2 aromatic rings. The Balaban J connectivity index is 1.58. The van der Waals surface area contributed by atoms with Crippen LogP contribution in [0, 0.1) is 0 Å². The van der Waals surface area contributed by atoms with Gasteiger partial charge in [-0.1, -0.05) is 76.2 Å². The molecule has 0 radical (unpaired) electrons. The second kappa shape index (κ2) is 7.86. The van der Waals surface area contributed by atoms with Crippen molar-refractivity contribution in [2.45, 2.75) is 52.6 Å². The van der Waals surface area contributed by atoms with Gasteiger partial charge in [0.05, 0.1) is 0 Å². The summed E-state index contributed by atoms with van der Waals surface area (Å²) in [7, 11) is 0. The summed E-state index contributed by atoms with van der Waals surface area (Å²) in [5, 5.41) is 0. The van der Waals surface area contributed by atoms with Gasteiger partial charge in [0.1, 0.15) is 26.2 Å². The first-order valence-electron chi connectivity index (χ1n) is 9.52. The zero-order valence-electron chi connectivity index (χ0n) is 16.1. The van der Waals surface area contributed by atoms with Crippen molar-refractivity contribution in [3.8, 4) is 0 Å². The molecule has 0 aliphatic carbocycles. The number of rotatable bonds is 6. The van der Waals surface area contributed by atoms with Gasteiger partial charge in [-0.25, -0.2) is 0 Å². The van der Waals surface area contributed by atoms with Crippen LogP contribution in [0.25, 0.3) is 0 Å². The minimum Gasteiger partial charge on any atom is -0.260 e. The molecule has 2 nitrogen and oxygen atoms in total. The van der Waals surface area contributed by atoms with Gasteiger partial charge in [-0.05, 0) is 34.1 Å². The predicted molar refractivity (Wildman–Crippen MR) is 106 cm³/mol. The lowest BCUT2D eigenvalue weighted by Gasteiger charge is -2.09. The predicted octanol–water partition coefficient (Wildman–Crippen LogP) is 4.99. The Kier molecular flexibility index (Phi) is 5.57. The number of benzene rings is 2. The lowest BCUT2D eigenvalue weighted by molar-refractivity contribution is -0.530. The normalized spacial score (nSPS) is 14.5. The first-order valence-corrected chi connectivity index (χ1v) is 9.52. The first-order chi connectivity index (χ1) is 12.0. The summed E-state index contributed by atoms with van der Waals surface area (Å²) in [5.41, 5.74) is 5.62. The van der Waals surface area contributed by atoms with Crippen molar-refractivity contribution < 1.29 is 4.58 Å². The summed E-state index contributed by atoms with van der Waals surface area (Å²) < 4.78 is 2.42. The molecule has 1 heterocycles. The van der Waals surface area contributed by atoms with E-state index < -0.39 is 0 Å². The highest BCUT2D eigenvalue weighted by Gasteiger charge is 2.19. The van der Waals surface area contributed by atoms with Crippen molar-refractivity contribution in [1.29, 1.82) is 0 Å². The van der Waals surface area contributed by atoms with E-state index in [-0.39, 0.29) is 0 Å². The van der Waals surface area contributed by atoms with Crippen LogP contribution in [0.4, 0.5) is 0 Å². The van der Waals surface area contributed by atoms with E-state index in [1.165, 1.54) is 22.3 Å². The van der Waals surface area contributed by atoms with Crippen LogP contribution in [0.1, 0.15) is 61.8 Å². The fourth-order valence-electron chi connectivity index (χ4n) is 3.33. The third-order valence-corrected chi connectivity index (χ3v) is 5.07. The molecule has 0 bridgehead atoms. The van der Waals surface area contributed by atoms with Crippen molar-refractivity contribution in [2.75, 3.05) is 13.1 Å². The van der Waals surface area contributed by atoms with Gasteiger partial charge in [-0.15, -0.1) is 0 Å². The average molecular weight is 336 g/mol. The van der Waals surface area contributed by atoms with E-state index in [1.807, 2.05) is 0 Å². The maximum Gasteiger partial charge on any atom is 0.234 e. The highest BCUT2D eigenvalue weighted by molar-refractivity contribution is 5.50. The molecule has 1 aliphatic heterocycles. The smallest absolute Gasteiger partial charge is 0.234 e. The zero-order chi connectivity index (χ0) is 17.8. The van der Waals surface area contributed by atoms with Crippen molar-refractivity contribution >= 4 is 6.34 Å². The van der Waals surface area contributed by atoms with Crippen LogP contribution in [0.2, 0.25) is 0 Å². The summed E-state index contributed by atoms with van der Waals surface area (Å²) in [4.78, 5) is 2.42. The molecule has 0 amide bonds. The first kappa shape index (κ1) is 17.7. The molecule has 3 rings (SSSR count). The Labute approximate surface area is 152 Å². The fourth-order valence-corrected chi connectivity index (χ4v) is 3.33. The van der Waals surface area contributed by atoms with Crippen molar-refractivity contribution in [3.63, 3.8) is 0 Å². The van der Waals surface area contributed by atoms with E-state index in [9.17, 15) is 0 Å². The van der Waals surface area contributed by atoms with Crippen LogP contribution in [-0.2, 0) is 13.1 Å². The molecule has 25 heavy (non-hydrogen) atoms. The number of nitrogens with zero attached hydrogens (tertiary/aromatic N) is 2. The minimum absolute atomic E-state index is 0.602. The molecule has 0 spiro atoms. The monoisotopic (exact) mass is 335 g/mol. The zero-order valence-corrected chi connectivity index (χ0v) is 16.1. The Hall–Kier alpha value is -2.09. The number of hydrogen-bond acceptors (Lipinski definition) is 1. The Morgan fingerprint density at radius 2 is 1.32 bits per heavy atom. The lowest BCUT2D eigenvalue weighted by Crippen LogP contribution is -2.18. The molecule has 0 saturated carbocycles. The van der Waals surface area contributed by atoms with E-state index in [2.05, 4.69) is 92.0 Å². The minimum atomic E-state index is 0.602. The molecule has 0 aromatic heterocycles. The molecule has 0 N–H and O–H groups in total. The molecule has 2 heteroatoms. The largest absolute Gasteiger partial charge is 0.260 e. The standard InChI is InChI=1S/C23H31N2/c1-18(2)22-9-5-20(6-10-22)15-24-13-14-25(17-24)16-21-7-11-23(12-8-21)19(3)4/h5-12,17-19H,13-16H2,1-4H3/q+1. The second-order valence-corrected chi connectivity index (χ2v) is 7.85. The van der Waals surface area contributed by atoms with Crippen LogP contribution >= 0.6 is 0 Å². The highest BCUT2D eigenvalue weighted by atomic mass is 15.3. The molecular weight excluding hydrogens is 304 g/mol. The van der Waals surface area contributed by atoms with E-state index in [1.54, 1.807) is 0 Å². The Morgan fingerprint density at radius 3 is 1.84 bits per heavy atom. The summed E-state index contributed by atoms with van der Waals surface area (Å²) in [6.07, 6.45) is 2.30. The van der Waals surface area contributed by atoms with Gasteiger partial charge < -0.3 is 0 Å². The van der Waals surface area contributed by atoms with Crippen molar-refractivity contribution in [3.05, 3.63) is 70.8 Å². The summed E-state index contributed by atoms with van der Waals surface area (Å²) in [5.74, 6) is 1.20. The molecule has 2 aromatic carbocycles. The van der Waals surface area contributed by atoms with Crippen molar-refractivity contribution in [1.82, 2.24) is 4.90 Å². The molecule has 0 fully saturated rings. The van der Waals surface area contributed by atoms with Crippen LogP contribution in [-0.4, -0.2) is 28.9 Å². The van der Waals surface area contributed by atoms with Gasteiger partial charge in [-0.2, -0.15) is 0 Å². The van der Waals surface area contributed by atoms with Gasteiger partial charge in [0.25, 0.3) is 0 Å². The summed E-state index contributed by atoms with van der Waals surface area (Å²) in [6, 6.07) is 18.2. The third-order valence-electron chi connectivity index (χ3n) is 5.07. The van der Waals surface area contributed by atoms with E-state index in [0.29, 0.717) is 11.8 Å². The van der Waals surface area contributed by atoms with E-state index in [0.717, 1.165) is 26.2 Å². The van der Waals surface area contributed by atoms with Gasteiger partial charge >= 0.3 is 0 Å². The maximum absolute atomic E-state index is 2.42. The van der Waals surface area contributed by atoms with E-state index >= 15 is 0 Å². The highest BCUT2D eigenvalue weighted by Crippen LogP contribution is 2.17. The summed E-state index contributed by atoms with van der Waals surface area (Å²) >= 11 is 0. The van der Waals surface area contributed by atoms with Gasteiger partial charge in [0.15, 0.2) is 0 Å². The van der Waals surface area contributed by atoms with Crippen LogP contribution in [0.5, 0.6) is 0 Å². The second-order valence-electron chi connectivity index (χ2n) is 7.85. The fraction of sp³-hybridized carbons (Fsp3) is 0.435. The van der Waals surface area contributed by atoms with Gasteiger partial charge in [0, 0.05) is 0 Å². The van der Waals surface area contributed by atoms with E-state index in [4.69, 9.17) is 0 Å². The topological polar surface area (TPSA) is 6.25 Å². The van der Waals surface area contributed by atoms with Crippen LogP contribution in [0.15, 0.2) is 48.5 Å². The van der Waals surface area contributed by atoms with Crippen LogP contribution in [0.3, 0.4) is 0 Å². The van der Waals surface area contributed by atoms with Crippen LogP contribution < -0.4 is 0 Å². The Bertz CT molecular complexity index is 709. The molecule has 1 aliphatic rings. The molecule has 0 unspecified atom stereocenters. The maximum atomic E-state index is 2.42. The SMILES string of the molecule is CC(C)c1ccc(CN2C=[N+](Cc3ccc(C(C)C)cc3)CC2)cc1. The van der Waals surface area contributed by atoms with Gasteiger partial charge in [0.2, 0.25) is 6.34 Å². The molecular formula is C23H31N2+. The molecule has 132 valence electrons. The number of hydrogen-bond donors (Lipinski definition) is 0. The quantitative estimate of drug-likeness (QED) is 0.674. The average Bonchev–Trinajstić information content (AvgIpc) is 3.02. The third kappa shape index (κ3) is 4.72. The Morgan fingerprint density at radius 1 is 0.800 bits per heavy atom. The summed E-state index contributed by atoms with van der Waals surface area (Å²) in [6.45, 7) is 13.2. The van der Waals surface area contributed by atoms with Crippen molar-refractivity contribution in [2.24, 2.45) is 0 Å². The lowest BCUT2D eigenvalue weighted by atomic mass is 10.0. The molecule has 0 saturated heterocycles. The molecule has 0 atom stereocenters. The van der Waals surface area contributed by atoms with Gasteiger partial charge in [-0.3, -0.25) is 9.48 Å².